The number of likely N-dealkylation sites (tertiary alicyclic amines) is 1. The molecule has 1 atom stereocenters. The summed E-state index contributed by atoms with van der Waals surface area (Å²) < 4.78 is 0. The number of halogens is 1. The first-order chi connectivity index (χ1) is 11.7. The summed E-state index contributed by atoms with van der Waals surface area (Å²) in [7, 11) is 2.12. The Morgan fingerprint density at radius 3 is 2.60 bits per heavy atom. The summed E-state index contributed by atoms with van der Waals surface area (Å²) in [6.07, 6.45) is 3.39. The first kappa shape index (κ1) is 22.6. The maximum atomic E-state index is 4.89. The Kier molecular flexibility index (Phi) is 10.8. The molecule has 1 saturated heterocycles. The van der Waals surface area contributed by atoms with Crippen LogP contribution in [0.1, 0.15) is 25.8 Å². The average molecular weight is 476 g/mol. The fourth-order valence-corrected chi connectivity index (χ4v) is 3.52. The van der Waals surface area contributed by atoms with E-state index in [9.17, 15) is 0 Å². The van der Waals surface area contributed by atoms with Crippen LogP contribution in [0.5, 0.6) is 0 Å². The highest BCUT2D eigenvalue weighted by Gasteiger charge is 2.21. The van der Waals surface area contributed by atoms with Crippen molar-refractivity contribution in [2.75, 3.05) is 46.0 Å². The molecule has 1 unspecified atom stereocenters. The number of aliphatic imine (C=N–C) groups is 1. The molecule has 1 N–H and O–H groups in total. The van der Waals surface area contributed by atoms with Gasteiger partial charge in [-0.2, -0.15) is 0 Å². The average Bonchev–Trinajstić information content (AvgIpc) is 3.07. The lowest BCUT2D eigenvalue weighted by atomic mass is 10.1. The van der Waals surface area contributed by atoms with Crippen molar-refractivity contribution in [3.8, 4) is 0 Å². The molecule has 0 radical (unpaired) electrons. The van der Waals surface area contributed by atoms with Crippen LogP contribution in [0.2, 0.25) is 0 Å². The molecule has 0 spiro atoms. The summed E-state index contributed by atoms with van der Waals surface area (Å²) in [5.41, 5.74) is 1.32. The van der Waals surface area contributed by atoms with Gasteiger partial charge >= 0.3 is 0 Å². The van der Waals surface area contributed by atoms with Gasteiger partial charge in [-0.05, 0) is 56.3 Å². The van der Waals surface area contributed by atoms with Gasteiger partial charge in [0.15, 0.2) is 5.96 Å². The van der Waals surface area contributed by atoms with E-state index in [4.69, 9.17) is 4.99 Å². The molecule has 0 saturated carbocycles. The van der Waals surface area contributed by atoms with E-state index in [1.807, 2.05) is 0 Å². The Labute approximate surface area is 174 Å². The summed E-state index contributed by atoms with van der Waals surface area (Å²) in [6.45, 7) is 10.7. The summed E-state index contributed by atoms with van der Waals surface area (Å²) in [4.78, 5) is 10.9. The van der Waals surface area contributed by atoms with E-state index in [1.54, 1.807) is 11.8 Å². The van der Waals surface area contributed by atoms with Gasteiger partial charge in [-0.1, -0.05) is 19.1 Å². The van der Waals surface area contributed by atoms with E-state index in [-0.39, 0.29) is 24.0 Å². The summed E-state index contributed by atoms with van der Waals surface area (Å²) in [5.74, 6) is 1.72. The lowest BCUT2D eigenvalue weighted by Crippen LogP contribution is -2.39. The van der Waals surface area contributed by atoms with Crippen LogP contribution in [0.3, 0.4) is 0 Å². The first-order valence-corrected chi connectivity index (χ1v) is 10.2. The van der Waals surface area contributed by atoms with Gasteiger partial charge in [0, 0.05) is 38.1 Å². The second-order valence-electron chi connectivity index (χ2n) is 6.45. The van der Waals surface area contributed by atoms with Crippen molar-refractivity contribution in [2.24, 2.45) is 10.9 Å². The van der Waals surface area contributed by atoms with Crippen LogP contribution in [0.4, 0.5) is 0 Å². The molecule has 0 aliphatic carbocycles. The van der Waals surface area contributed by atoms with Gasteiger partial charge in [0.1, 0.15) is 0 Å². The van der Waals surface area contributed by atoms with Crippen LogP contribution >= 0.6 is 35.7 Å². The number of benzene rings is 1. The SMILES string of the molecule is CCNC(=NCC1CCN(CC)C1)N(C)Cc1ccc(SC)cc1.I. The molecule has 4 nitrogen and oxygen atoms in total. The Balaban J connectivity index is 0.00000312. The van der Waals surface area contributed by atoms with Gasteiger partial charge in [-0.15, -0.1) is 35.7 Å². The van der Waals surface area contributed by atoms with Crippen LogP contribution in [-0.2, 0) is 6.54 Å². The van der Waals surface area contributed by atoms with Crippen LogP contribution in [-0.4, -0.2) is 61.8 Å². The van der Waals surface area contributed by atoms with E-state index < -0.39 is 0 Å². The predicted octanol–water partition coefficient (Wildman–Crippen LogP) is 3.77. The molecular weight excluding hydrogens is 443 g/mol. The molecule has 1 fully saturated rings. The second kappa shape index (κ2) is 12.0. The standard InChI is InChI=1S/C19H32N4S.HI/c1-5-20-19(21-13-17-11-12-23(6-2)15-17)22(3)14-16-7-9-18(24-4)10-8-16;/h7-10,17H,5-6,11-15H2,1-4H3,(H,20,21);1H. The molecule has 2 rings (SSSR count). The zero-order valence-corrected chi connectivity index (χ0v) is 19.1. The van der Waals surface area contributed by atoms with Gasteiger partial charge in [0.2, 0.25) is 0 Å². The highest BCUT2D eigenvalue weighted by molar-refractivity contribution is 14.0. The third-order valence-electron chi connectivity index (χ3n) is 4.59. The minimum Gasteiger partial charge on any atom is -0.357 e. The molecule has 1 aromatic rings. The van der Waals surface area contributed by atoms with Gasteiger partial charge in [0.05, 0.1) is 0 Å². The van der Waals surface area contributed by atoms with Crippen molar-refractivity contribution in [3.05, 3.63) is 29.8 Å². The topological polar surface area (TPSA) is 30.9 Å². The zero-order chi connectivity index (χ0) is 17.4. The minimum absolute atomic E-state index is 0. The summed E-state index contributed by atoms with van der Waals surface area (Å²) in [6, 6.07) is 8.80. The number of rotatable bonds is 7. The molecule has 1 aliphatic heterocycles. The Bertz CT molecular complexity index is 521. The fourth-order valence-electron chi connectivity index (χ4n) is 3.11. The summed E-state index contributed by atoms with van der Waals surface area (Å²) in [5, 5.41) is 3.43. The largest absolute Gasteiger partial charge is 0.357 e. The Hall–Kier alpha value is -0.470. The maximum absolute atomic E-state index is 4.89. The molecule has 1 heterocycles. The number of hydrogen-bond acceptors (Lipinski definition) is 3. The lowest BCUT2D eigenvalue weighted by Gasteiger charge is -2.23. The van der Waals surface area contributed by atoms with E-state index in [2.05, 4.69) is 66.5 Å². The smallest absolute Gasteiger partial charge is 0.193 e. The number of thioether (sulfide) groups is 1. The quantitative estimate of drug-likeness (QED) is 0.281. The first-order valence-electron chi connectivity index (χ1n) is 9.01. The molecular formula is C19H33IN4S. The van der Waals surface area contributed by atoms with Crippen LogP contribution in [0.25, 0.3) is 0 Å². The second-order valence-corrected chi connectivity index (χ2v) is 7.33. The zero-order valence-electron chi connectivity index (χ0n) is 16.0. The van der Waals surface area contributed by atoms with Crippen molar-refractivity contribution in [2.45, 2.75) is 31.7 Å². The van der Waals surface area contributed by atoms with Crippen LogP contribution in [0, 0.1) is 5.92 Å². The lowest BCUT2D eigenvalue weighted by molar-refractivity contribution is 0.343. The third-order valence-corrected chi connectivity index (χ3v) is 5.34. The Morgan fingerprint density at radius 1 is 1.32 bits per heavy atom. The molecule has 1 aliphatic rings. The van der Waals surface area contributed by atoms with Gasteiger partial charge in [-0.25, -0.2) is 0 Å². The number of guanidine groups is 1. The van der Waals surface area contributed by atoms with Crippen molar-refractivity contribution in [1.29, 1.82) is 0 Å². The van der Waals surface area contributed by atoms with E-state index in [0.29, 0.717) is 5.92 Å². The minimum atomic E-state index is 0. The monoisotopic (exact) mass is 476 g/mol. The molecule has 0 bridgehead atoms. The van der Waals surface area contributed by atoms with E-state index in [1.165, 1.54) is 30.0 Å². The highest BCUT2D eigenvalue weighted by Crippen LogP contribution is 2.17. The molecule has 25 heavy (non-hydrogen) atoms. The van der Waals surface area contributed by atoms with Gasteiger partial charge in [-0.3, -0.25) is 4.99 Å². The van der Waals surface area contributed by atoms with Crippen molar-refractivity contribution < 1.29 is 0 Å². The van der Waals surface area contributed by atoms with Crippen molar-refractivity contribution in [1.82, 2.24) is 15.1 Å². The van der Waals surface area contributed by atoms with Crippen LogP contribution in [0.15, 0.2) is 34.2 Å². The van der Waals surface area contributed by atoms with E-state index in [0.717, 1.165) is 32.1 Å². The van der Waals surface area contributed by atoms with Crippen LogP contribution < -0.4 is 5.32 Å². The van der Waals surface area contributed by atoms with E-state index >= 15 is 0 Å². The fraction of sp³-hybridized carbons (Fsp3) is 0.632. The van der Waals surface area contributed by atoms with Crippen molar-refractivity contribution in [3.63, 3.8) is 0 Å². The molecule has 142 valence electrons. The third kappa shape index (κ3) is 7.35. The number of hydrogen-bond donors (Lipinski definition) is 1. The predicted molar refractivity (Wildman–Crippen MR) is 121 cm³/mol. The normalized spacial score (nSPS) is 18.1. The molecule has 1 aromatic carbocycles. The Morgan fingerprint density at radius 2 is 2.04 bits per heavy atom. The van der Waals surface area contributed by atoms with Gasteiger partial charge in [0.25, 0.3) is 0 Å². The number of nitrogens with one attached hydrogen (secondary N) is 1. The molecule has 0 amide bonds. The number of nitrogens with zero attached hydrogens (tertiary/aromatic N) is 3. The highest BCUT2D eigenvalue weighted by atomic mass is 127. The maximum Gasteiger partial charge on any atom is 0.193 e. The van der Waals surface area contributed by atoms with Crippen molar-refractivity contribution >= 4 is 41.7 Å². The molecule has 0 aromatic heterocycles. The molecule has 6 heteroatoms. The summed E-state index contributed by atoms with van der Waals surface area (Å²) >= 11 is 1.78. The van der Waals surface area contributed by atoms with Gasteiger partial charge < -0.3 is 15.1 Å².